The third-order valence-electron chi connectivity index (χ3n) is 5.78. The second-order valence-electron chi connectivity index (χ2n) is 8.19. The van der Waals surface area contributed by atoms with Gasteiger partial charge in [0, 0.05) is 37.1 Å². The summed E-state index contributed by atoms with van der Waals surface area (Å²) >= 11 is 0. The standard InChI is InChI=1S/C25H34N4O2/c1-4-6-14-26-25(31)28-21-11-12-23(22(16-21)24(30)27-18(3)5-2)29-15-13-19-9-7-8-10-20(19)17-29/h7-12,16,18H,4-6,13-15,17H2,1-3H3,(H,27,30)(H2,26,28,31)/t18-/m1/s1. The van der Waals surface area contributed by atoms with Crippen LogP contribution in [0.4, 0.5) is 16.2 Å². The molecule has 6 heteroatoms. The molecule has 0 radical (unpaired) electrons. The summed E-state index contributed by atoms with van der Waals surface area (Å²) in [6.07, 6.45) is 3.76. The summed E-state index contributed by atoms with van der Waals surface area (Å²) in [7, 11) is 0. The van der Waals surface area contributed by atoms with Crippen LogP contribution in [-0.4, -0.2) is 31.1 Å². The highest BCUT2D eigenvalue weighted by atomic mass is 16.2. The zero-order chi connectivity index (χ0) is 22.2. The Balaban J connectivity index is 1.84. The quantitative estimate of drug-likeness (QED) is 0.540. The van der Waals surface area contributed by atoms with E-state index in [1.165, 1.54) is 11.1 Å². The van der Waals surface area contributed by atoms with Crippen molar-refractivity contribution in [1.82, 2.24) is 10.6 Å². The molecule has 0 saturated carbocycles. The molecule has 0 fully saturated rings. The van der Waals surface area contributed by atoms with Crippen LogP contribution in [0.1, 0.15) is 61.5 Å². The average Bonchev–Trinajstić information content (AvgIpc) is 2.78. The number of rotatable bonds is 8. The molecule has 3 rings (SSSR count). The smallest absolute Gasteiger partial charge is 0.319 e. The molecule has 3 N–H and O–H groups in total. The van der Waals surface area contributed by atoms with Gasteiger partial charge in [-0.25, -0.2) is 4.79 Å². The van der Waals surface area contributed by atoms with Crippen molar-refractivity contribution in [3.05, 3.63) is 59.2 Å². The molecule has 0 aromatic heterocycles. The summed E-state index contributed by atoms with van der Waals surface area (Å²) in [6.45, 7) is 8.38. The van der Waals surface area contributed by atoms with E-state index >= 15 is 0 Å². The van der Waals surface area contributed by atoms with Gasteiger partial charge in [0.1, 0.15) is 0 Å². The van der Waals surface area contributed by atoms with Gasteiger partial charge >= 0.3 is 6.03 Å². The molecule has 1 aliphatic heterocycles. The number of nitrogens with zero attached hydrogens (tertiary/aromatic N) is 1. The van der Waals surface area contributed by atoms with Crippen molar-refractivity contribution in [2.75, 3.05) is 23.3 Å². The van der Waals surface area contributed by atoms with Crippen LogP contribution in [-0.2, 0) is 13.0 Å². The third kappa shape index (κ3) is 6.00. The Morgan fingerprint density at radius 2 is 1.87 bits per heavy atom. The third-order valence-corrected chi connectivity index (χ3v) is 5.78. The second kappa shape index (κ2) is 10.8. The van der Waals surface area contributed by atoms with E-state index in [-0.39, 0.29) is 18.0 Å². The van der Waals surface area contributed by atoms with Crippen molar-refractivity contribution in [3.63, 3.8) is 0 Å². The summed E-state index contributed by atoms with van der Waals surface area (Å²) in [5, 5.41) is 8.78. The van der Waals surface area contributed by atoms with Gasteiger partial charge in [-0.05, 0) is 55.5 Å². The Morgan fingerprint density at radius 1 is 1.10 bits per heavy atom. The first kappa shape index (κ1) is 22.7. The lowest BCUT2D eigenvalue weighted by atomic mass is 9.98. The number of carbonyl (C=O) groups excluding carboxylic acids is 2. The molecule has 0 saturated heterocycles. The topological polar surface area (TPSA) is 73.5 Å². The molecular formula is C25H34N4O2. The number of amides is 3. The zero-order valence-corrected chi connectivity index (χ0v) is 18.8. The van der Waals surface area contributed by atoms with Crippen LogP contribution in [0.5, 0.6) is 0 Å². The van der Waals surface area contributed by atoms with Gasteiger partial charge in [-0.3, -0.25) is 4.79 Å². The monoisotopic (exact) mass is 422 g/mol. The minimum Gasteiger partial charge on any atom is -0.366 e. The van der Waals surface area contributed by atoms with Crippen LogP contribution in [0, 0.1) is 0 Å². The number of nitrogens with one attached hydrogen (secondary N) is 3. The minimum atomic E-state index is -0.249. The highest BCUT2D eigenvalue weighted by Gasteiger charge is 2.22. The normalized spacial score (nSPS) is 13.8. The van der Waals surface area contributed by atoms with Gasteiger partial charge in [0.15, 0.2) is 0 Å². The van der Waals surface area contributed by atoms with E-state index < -0.39 is 0 Å². The van der Waals surface area contributed by atoms with Gasteiger partial charge in [-0.2, -0.15) is 0 Å². The van der Waals surface area contributed by atoms with Crippen LogP contribution in [0.3, 0.4) is 0 Å². The van der Waals surface area contributed by atoms with Crippen molar-refractivity contribution in [1.29, 1.82) is 0 Å². The molecular weight excluding hydrogens is 388 g/mol. The fraction of sp³-hybridized carbons (Fsp3) is 0.440. The maximum atomic E-state index is 13.1. The van der Waals surface area contributed by atoms with E-state index in [4.69, 9.17) is 0 Å². The average molecular weight is 423 g/mol. The van der Waals surface area contributed by atoms with Crippen molar-refractivity contribution in [2.45, 2.75) is 59.0 Å². The SMILES string of the molecule is CCCCNC(=O)Nc1ccc(N2CCc3ccccc3C2)c(C(=O)N[C@H](C)CC)c1. The number of urea groups is 1. The minimum absolute atomic E-state index is 0.0800. The number of carbonyl (C=O) groups is 2. The van der Waals surface area contributed by atoms with Crippen LogP contribution >= 0.6 is 0 Å². The molecule has 0 unspecified atom stereocenters. The van der Waals surface area contributed by atoms with Crippen molar-refractivity contribution in [3.8, 4) is 0 Å². The number of benzene rings is 2. The molecule has 2 aromatic rings. The van der Waals surface area contributed by atoms with Crippen LogP contribution in [0.2, 0.25) is 0 Å². The van der Waals surface area contributed by atoms with E-state index in [1.807, 2.05) is 26.0 Å². The number of anilines is 2. The molecule has 1 aliphatic rings. The number of hydrogen-bond donors (Lipinski definition) is 3. The Hall–Kier alpha value is -3.02. The molecule has 0 bridgehead atoms. The molecule has 2 aromatic carbocycles. The molecule has 0 aliphatic carbocycles. The summed E-state index contributed by atoms with van der Waals surface area (Å²) in [6, 6.07) is 13.9. The van der Waals surface area contributed by atoms with Gasteiger partial charge in [-0.1, -0.05) is 44.5 Å². The maximum absolute atomic E-state index is 13.1. The second-order valence-corrected chi connectivity index (χ2v) is 8.19. The van der Waals surface area contributed by atoms with Gasteiger partial charge < -0.3 is 20.9 Å². The summed E-state index contributed by atoms with van der Waals surface area (Å²) in [5.74, 6) is -0.113. The van der Waals surface area contributed by atoms with Crippen molar-refractivity contribution in [2.24, 2.45) is 0 Å². The van der Waals surface area contributed by atoms with E-state index in [0.717, 1.165) is 44.5 Å². The largest absolute Gasteiger partial charge is 0.366 e. The first-order valence-corrected chi connectivity index (χ1v) is 11.3. The highest BCUT2D eigenvalue weighted by Crippen LogP contribution is 2.29. The van der Waals surface area contributed by atoms with Gasteiger partial charge in [0.05, 0.1) is 5.56 Å². The Labute approximate surface area is 185 Å². The van der Waals surface area contributed by atoms with E-state index in [1.54, 1.807) is 6.07 Å². The Kier molecular flexibility index (Phi) is 7.93. The van der Waals surface area contributed by atoms with E-state index in [9.17, 15) is 9.59 Å². The highest BCUT2D eigenvalue weighted by molar-refractivity contribution is 6.02. The first-order valence-electron chi connectivity index (χ1n) is 11.3. The lowest BCUT2D eigenvalue weighted by Gasteiger charge is -2.32. The fourth-order valence-corrected chi connectivity index (χ4v) is 3.73. The number of hydrogen-bond acceptors (Lipinski definition) is 3. The molecule has 0 spiro atoms. The molecule has 6 nitrogen and oxygen atoms in total. The lowest BCUT2D eigenvalue weighted by molar-refractivity contribution is 0.0939. The predicted octanol–water partition coefficient (Wildman–Crippen LogP) is 4.70. The van der Waals surface area contributed by atoms with Crippen molar-refractivity contribution < 1.29 is 9.59 Å². The molecule has 3 amide bonds. The maximum Gasteiger partial charge on any atom is 0.319 e. The van der Waals surface area contributed by atoms with Crippen LogP contribution in [0.25, 0.3) is 0 Å². The van der Waals surface area contributed by atoms with Gasteiger partial charge in [0.2, 0.25) is 0 Å². The molecule has 1 heterocycles. The summed E-state index contributed by atoms with van der Waals surface area (Å²) in [5.41, 5.74) is 4.76. The van der Waals surface area contributed by atoms with Gasteiger partial charge in [0.25, 0.3) is 5.91 Å². The predicted molar refractivity (Wildman–Crippen MR) is 127 cm³/mol. The number of unbranched alkanes of at least 4 members (excludes halogenated alkanes) is 1. The summed E-state index contributed by atoms with van der Waals surface area (Å²) in [4.78, 5) is 27.5. The number of fused-ring (bicyclic) bond motifs is 1. The van der Waals surface area contributed by atoms with Gasteiger partial charge in [-0.15, -0.1) is 0 Å². The zero-order valence-electron chi connectivity index (χ0n) is 18.8. The molecule has 1 atom stereocenters. The molecule has 31 heavy (non-hydrogen) atoms. The lowest BCUT2D eigenvalue weighted by Crippen LogP contribution is -2.36. The van der Waals surface area contributed by atoms with Crippen LogP contribution in [0.15, 0.2) is 42.5 Å². The van der Waals surface area contributed by atoms with Crippen LogP contribution < -0.4 is 20.9 Å². The summed E-state index contributed by atoms with van der Waals surface area (Å²) < 4.78 is 0. The Morgan fingerprint density at radius 3 is 2.61 bits per heavy atom. The van der Waals surface area contributed by atoms with Crippen molar-refractivity contribution >= 4 is 23.3 Å². The Bertz CT molecular complexity index is 912. The van der Waals surface area contributed by atoms with E-state index in [0.29, 0.717) is 17.8 Å². The first-order chi connectivity index (χ1) is 15.0. The van der Waals surface area contributed by atoms with E-state index in [2.05, 4.69) is 52.0 Å². The molecule has 166 valence electrons. The fourth-order valence-electron chi connectivity index (χ4n) is 3.73.